The number of thiophene rings is 1. The number of likely N-dealkylation sites (N-methyl/N-ethyl adjacent to an activating group) is 1. The fraction of sp³-hybridized carbons (Fsp3) is 0.375. The van der Waals surface area contributed by atoms with E-state index in [1.807, 2.05) is 11.8 Å². The second-order valence-corrected chi connectivity index (χ2v) is 6.80. The van der Waals surface area contributed by atoms with Gasteiger partial charge in [0.05, 0.1) is 0 Å². The third-order valence-corrected chi connectivity index (χ3v) is 5.67. The summed E-state index contributed by atoms with van der Waals surface area (Å²) >= 11 is 3.80. The van der Waals surface area contributed by atoms with Crippen LogP contribution in [0.1, 0.15) is 24.0 Å². The zero-order valence-electron chi connectivity index (χ0n) is 11.1. The van der Waals surface area contributed by atoms with Crippen LogP contribution in [-0.2, 0) is 6.42 Å². The Hall–Kier alpha value is -0.770. The molecule has 1 aliphatic rings. The van der Waals surface area contributed by atoms with Crippen LogP contribution < -0.4 is 5.32 Å². The molecule has 1 aromatic carbocycles. The van der Waals surface area contributed by atoms with Crippen LogP contribution in [0.5, 0.6) is 0 Å². The van der Waals surface area contributed by atoms with E-state index in [0.717, 1.165) is 13.0 Å². The zero-order chi connectivity index (χ0) is 13.1. The Morgan fingerprint density at radius 1 is 1.32 bits per heavy atom. The van der Waals surface area contributed by atoms with Crippen molar-refractivity contribution in [1.29, 1.82) is 0 Å². The molecule has 0 aliphatic carbocycles. The average Bonchev–Trinajstić information content (AvgIpc) is 3.07. The fourth-order valence-corrected chi connectivity index (χ4v) is 4.82. The molecule has 1 N–H and O–H groups in total. The van der Waals surface area contributed by atoms with Crippen LogP contribution in [-0.4, -0.2) is 18.3 Å². The summed E-state index contributed by atoms with van der Waals surface area (Å²) < 4.78 is 0. The van der Waals surface area contributed by atoms with Crippen LogP contribution in [0.15, 0.2) is 46.0 Å². The average molecular weight is 289 g/mol. The molecule has 3 heteroatoms. The third-order valence-electron chi connectivity index (χ3n) is 3.72. The van der Waals surface area contributed by atoms with Crippen molar-refractivity contribution in [3.8, 4) is 0 Å². The summed E-state index contributed by atoms with van der Waals surface area (Å²) in [5, 5.41) is 8.15. The van der Waals surface area contributed by atoms with Gasteiger partial charge < -0.3 is 5.32 Å². The lowest BCUT2D eigenvalue weighted by atomic mass is 9.89. The molecule has 19 heavy (non-hydrogen) atoms. The van der Waals surface area contributed by atoms with E-state index in [2.05, 4.69) is 53.3 Å². The third kappa shape index (κ3) is 2.88. The van der Waals surface area contributed by atoms with Gasteiger partial charge in [-0.3, -0.25) is 0 Å². The molecule has 1 aliphatic heterocycles. The molecule has 0 bridgehead atoms. The maximum absolute atomic E-state index is 3.70. The summed E-state index contributed by atoms with van der Waals surface area (Å²) in [7, 11) is 0. The van der Waals surface area contributed by atoms with Gasteiger partial charge in [0.25, 0.3) is 0 Å². The van der Waals surface area contributed by atoms with Gasteiger partial charge in [0.1, 0.15) is 0 Å². The first-order valence-electron chi connectivity index (χ1n) is 6.84. The molecule has 3 rings (SSSR count). The molecule has 2 unspecified atom stereocenters. The number of nitrogens with one attached hydrogen (secondary N) is 1. The predicted molar refractivity (Wildman–Crippen MR) is 85.4 cm³/mol. The lowest BCUT2D eigenvalue weighted by Gasteiger charge is -2.24. The maximum Gasteiger partial charge on any atom is 0.0185 e. The largest absolute Gasteiger partial charge is 0.313 e. The van der Waals surface area contributed by atoms with Crippen LogP contribution in [0.3, 0.4) is 0 Å². The van der Waals surface area contributed by atoms with Crippen LogP contribution >= 0.6 is 23.1 Å². The van der Waals surface area contributed by atoms with Crippen LogP contribution in [0, 0.1) is 0 Å². The van der Waals surface area contributed by atoms with Gasteiger partial charge >= 0.3 is 0 Å². The summed E-state index contributed by atoms with van der Waals surface area (Å²) in [6, 6.07) is 11.7. The van der Waals surface area contributed by atoms with Crippen molar-refractivity contribution in [2.75, 3.05) is 12.3 Å². The number of rotatable bonds is 5. The summed E-state index contributed by atoms with van der Waals surface area (Å²) in [6.07, 6.45) is 1.14. The van der Waals surface area contributed by atoms with E-state index in [1.165, 1.54) is 21.8 Å². The van der Waals surface area contributed by atoms with E-state index >= 15 is 0 Å². The Labute approximate surface area is 123 Å². The first-order chi connectivity index (χ1) is 9.38. The summed E-state index contributed by atoms with van der Waals surface area (Å²) in [5.74, 6) is 1.85. The highest BCUT2D eigenvalue weighted by atomic mass is 32.2. The first kappa shape index (κ1) is 13.2. The summed E-state index contributed by atoms with van der Waals surface area (Å²) in [5.41, 5.74) is 3.00. The molecular weight excluding hydrogens is 270 g/mol. The molecule has 2 aromatic rings. The molecule has 2 atom stereocenters. The van der Waals surface area contributed by atoms with Crippen molar-refractivity contribution in [3.63, 3.8) is 0 Å². The van der Waals surface area contributed by atoms with Gasteiger partial charge in [-0.25, -0.2) is 0 Å². The Balaban J connectivity index is 1.81. The highest BCUT2D eigenvalue weighted by molar-refractivity contribution is 7.99. The summed E-state index contributed by atoms with van der Waals surface area (Å²) in [6.45, 7) is 3.24. The van der Waals surface area contributed by atoms with Gasteiger partial charge in [0.15, 0.2) is 0 Å². The standard InChI is InChI=1S/C16H19NS2/c1-2-17-15(9-12-7-8-18-10-12)14-11-19-16-6-4-3-5-13(14)16/h3-8,10,14-15,17H,2,9,11H2,1H3. The van der Waals surface area contributed by atoms with E-state index < -0.39 is 0 Å². The quantitative estimate of drug-likeness (QED) is 0.887. The Morgan fingerprint density at radius 3 is 3.00 bits per heavy atom. The normalized spacial score (nSPS) is 19.3. The molecule has 1 nitrogen and oxygen atoms in total. The minimum Gasteiger partial charge on any atom is -0.313 e. The van der Waals surface area contributed by atoms with Gasteiger partial charge in [-0.05, 0) is 47.0 Å². The molecule has 0 saturated carbocycles. The maximum atomic E-state index is 3.70. The SMILES string of the molecule is CCNC(Cc1ccsc1)C1CSc2ccccc21. The lowest BCUT2D eigenvalue weighted by Crippen LogP contribution is -2.36. The molecule has 0 spiro atoms. The number of hydrogen-bond donors (Lipinski definition) is 1. The molecule has 1 aromatic heterocycles. The summed E-state index contributed by atoms with van der Waals surface area (Å²) in [4.78, 5) is 1.47. The minimum absolute atomic E-state index is 0.552. The number of benzene rings is 1. The van der Waals surface area contributed by atoms with Gasteiger partial charge in [-0.15, -0.1) is 11.8 Å². The molecule has 0 fully saturated rings. The van der Waals surface area contributed by atoms with Gasteiger partial charge in [0.2, 0.25) is 0 Å². The van der Waals surface area contributed by atoms with Crippen LogP contribution in [0.4, 0.5) is 0 Å². The molecule has 0 saturated heterocycles. The molecule has 0 amide bonds. The van der Waals surface area contributed by atoms with Crippen LogP contribution in [0.2, 0.25) is 0 Å². The van der Waals surface area contributed by atoms with Crippen molar-refractivity contribution < 1.29 is 0 Å². The second-order valence-electron chi connectivity index (χ2n) is 4.96. The van der Waals surface area contributed by atoms with Gasteiger partial charge in [0, 0.05) is 22.6 Å². The number of thioether (sulfide) groups is 1. The van der Waals surface area contributed by atoms with E-state index in [0.29, 0.717) is 12.0 Å². The van der Waals surface area contributed by atoms with E-state index in [-0.39, 0.29) is 0 Å². The highest BCUT2D eigenvalue weighted by Crippen LogP contribution is 2.41. The smallest absolute Gasteiger partial charge is 0.0185 e. The lowest BCUT2D eigenvalue weighted by molar-refractivity contribution is 0.463. The zero-order valence-corrected chi connectivity index (χ0v) is 12.8. The van der Waals surface area contributed by atoms with Crippen molar-refractivity contribution >= 4 is 23.1 Å². The van der Waals surface area contributed by atoms with Crippen LogP contribution in [0.25, 0.3) is 0 Å². The predicted octanol–water partition coefficient (Wildman–Crippen LogP) is 4.16. The Morgan fingerprint density at radius 2 is 2.21 bits per heavy atom. The second kappa shape index (κ2) is 6.12. The molecule has 2 heterocycles. The van der Waals surface area contributed by atoms with E-state index in [9.17, 15) is 0 Å². The monoisotopic (exact) mass is 289 g/mol. The van der Waals surface area contributed by atoms with Gasteiger partial charge in [-0.2, -0.15) is 11.3 Å². The molecule has 100 valence electrons. The Bertz CT molecular complexity index is 521. The number of hydrogen-bond acceptors (Lipinski definition) is 3. The van der Waals surface area contributed by atoms with Crippen molar-refractivity contribution in [1.82, 2.24) is 5.32 Å². The molecular formula is C16H19NS2. The fourth-order valence-electron chi connectivity index (χ4n) is 2.80. The minimum atomic E-state index is 0.552. The topological polar surface area (TPSA) is 12.0 Å². The van der Waals surface area contributed by atoms with Crippen molar-refractivity contribution in [3.05, 3.63) is 52.2 Å². The van der Waals surface area contributed by atoms with Crippen molar-refractivity contribution in [2.24, 2.45) is 0 Å². The highest BCUT2D eigenvalue weighted by Gasteiger charge is 2.29. The van der Waals surface area contributed by atoms with E-state index in [4.69, 9.17) is 0 Å². The van der Waals surface area contributed by atoms with Gasteiger partial charge in [-0.1, -0.05) is 25.1 Å². The molecule has 0 radical (unpaired) electrons. The van der Waals surface area contributed by atoms with Crippen molar-refractivity contribution in [2.45, 2.75) is 30.2 Å². The number of fused-ring (bicyclic) bond motifs is 1. The van der Waals surface area contributed by atoms with E-state index in [1.54, 1.807) is 11.3 Å². The Kier molecular flexibility index (Phi) is 4.26. The first-order valence-corrected chi connectivity index (χ1v) is 8.77.